The van der Waals surface area contributed by atoms with Crippen LogP contribution in [0, 0.1) is 0 Å². The smallest absolute Gasteiger partial charge is 0.361 e. The van der Waals surface area contributed by atoms with Crippen LogP contribution in [0.4, 0.5) is 0 Å². The van der Waals surface area contributed by atoms with E-state index in [0.29, 0.717) is 26.4 Å². The van der Waals surface area contributed by atoms with Gasteiger partial charge in [0.15, 0.2) is 0 Å². The molecule has 0 aliphatic heterocycles. The fourth-order valence-electron chi connectivity index (χ4n) is 2.04. The van der Waals surface area contributed by atoms with Crippen molar-refractivity contribution in [3.8, 4) is 0 Å². The Morgan fingerprint density at radius 2 is 1.45 bits per heavy atom. The molecule has 0 aliphatic carbocycles. The molecule has 0 bridgehead atoms. The molecule has 0 spiro atoms. The lowest BCUT2D eigenvalue weighted by Crippen LogP contribution is -2.62. The zero-order valence-electron chi connectivity index (χ0n) is 13.6. The third-order valence-electron chi connectivity index (χ3n) is 2.74. The molecule has 0 aromatic rings. The van der Waals surface area contributed by atoms with Gasteiger partial charge >= 0.3 is 8.97 Å². The summed E-state index contributed by atoms with van der Waals surface area (Å²) in [6.07, 6.45) is 1.04. The first-order valence-electron chi connectivity index (χ1n) is 7.78. The summed E-state index contributed by atoms with van der Waals surface area (Å²) < 4.78 is 20.1. The number of hydrogen-bond donors (Lipinski definition) is 2. The van der Waals surface area contributed by atoms with Crippen LogP contribution in [0.25, 0.3) is 0 Å². The minimum Gasteiger partial charge on any atom is -0.361 e. The van der Waals surface area contributed by atoms with Crippen LogP contribution in [0.15, 0.2) is 0 Å². The third kappa shape index (κ3) is 7.12. The van der Waals surface area contributed by atoms with E-state index in [1.807, 2.05) is 20.8 Å². The summed E-state index contributed by atoms with van der Waals surface area (Å²) >= 11 is 0. The zero-order valence-corrected chi connectivity index (χ0v) is 14.6. The molecular weight excluding hydrogens is 274 g/mol. The van der Waals surface area contributed by atoms with Gasteiger partial charge in [-0.05, 0) is 33.7 Å². The number of nitrogens with two attached hydrogens (primary N) is 1. The van der Waals surface area contributed by atoms with Gasteiger partial charge in [0, 0.05) is 46.0 Å². The van der Waals surface area contributed by atoms with Crippen LogP contribution in [-0.2, 0) is 13.3 Å². The van der Waals surface area contributed by atoms with Gasteiger partial charge in [0.05, 0.1) is 0 Å². The maximum Gasteiger partial charge on any atom is 0.599 e. The summed E-state index contributed by atoms with van der Waals surface area (Å²) in [5, 5.41) is 3.31. The highest BCUT2D eigenvalue weighted by Crippen LogP contribution is 2.16. The lowest BCUT2D eigenvalue weighted by Gasteiger charge is -2.37. The zero-order chi connectivity index (χ0) is 15.3. The van der Waals surface area contributed by atoms with Crippen molar-refractivity contribution in [3.63, 3.8) is 0 Å². The second-order valence-electron chi connectivity index (χ2n) is 4.35. The number of hydrogen-bond acceptors (Lipinski definition) is 6. The average molecular weight is 308 g/mol. The third-order valence-corrected chi connectivity index (χ3v) is 5.92. The van der Waals surface area contributed by atoms with Crippen LogP contribution < -0.4 is 11.1 Å². The molecule has 0 saturated heterocycles. The number of nitrogens with zero attached hydrogens (tertiary/aromatic N) is 1. The van der Waals surface area contributed by atoms with Crippen LogP contribution in [-0.4, -0.2) is 66.1 Å². The van der Waals surface area contributed by atoms with Crippen molar-refractivity contribution in [3.05, 3.63) is 0 Å². The van der Waals surface area contributed by atoms with Gasteiger partial charge in [-0.1, -0.05) is 6.92 Å². The highest BCUT2D eigenvalue weighted by atomic mass is 28.4. The normalized spacial score (nSPS) is 12.3. The maximum absolute atomic E-state index is 5.95. The quantitative estimate of drug-likeness (QED) is 0.365. The van der Waals surface area contributed by atoms with Gasteiger partial charge in [-0.25, -0.2) is 0 Å². The molecule has 0 aliphatic rings. The fourth-order valence-corrected chi connectivity index (χ4v) is 4.82. The Morgan fingerprint density at radius 1 is 0.900 bits per heavy atom. The maximum atomic E-state index is 5.95. The Kier molecular flexibility index (Phi) is 12.7. The monoisotopic (exact) mass is 307 g/mol. The van der Waals surface area contributed by atoms with Gasteiger partial charge in [0.2, 0.25) is 0 Å². The highest BCUT2D eigenvalue weighted by Gasteiger charge is 2.47. The average Bonchev–Trinajstić information content (AvgIpc) is 2.43. The Balaban J connectivity index is 4.77. The first kappa shape index (κ1) is 20.0. The van der Waals surface area contributed by atoms with Crippen molar-refractivity contribution in [2.75, 3.05) is 52.5 Å². The van der Waals surface area contributed by atoms with E-state index in [0.717, 1.165) is 32.6 Å². The van der Waals surface area contributed by atoms with Crippen molar-refractivity contribution in [1.82, 2.24) is 9.88 Å². The van der Waals surface area contributed by atoms with Crippen LogP contribution in [0.2, 0.25) is 0 Å². The molecule has 0 rings (SSSR count). The van der Waals surface area contributed by atoms with Gasteiger partial charge in [0.25, 0.3) is 0 Å². The van der Waals surface area contributed by atoms with Gasteiger partial charge in [-0.15, -0.1) is 0 Å². The van der Waals surface area contributed by atoms with Gasteiger partial charge < -0.3 is 24.3 Å². The highest BCUT2D eigenvalue weighted by molar-refractivity contribution is 6.57. The molecule has 0 radical (unpaired) electrons. The van der Waals surface area contributed by atoms with Crippen molar-refractivity contribution in [2.24, 2.45) is 5.73 Å². The molecule has 122 valence electrons. The standard InChI is InChI=1S/C13H33N3O3Si/c1-5-12-16(13-11-15-10-9-14)20(17-6-2,18-7-3)19-8-4/h15H,5-14H2,1-4H3. The molecule has 0 saturated carbocycles. The van der Waals surface area contributed by atoms with E-state index in [1.54, 1.807) is 0 Å². The molecule has 0 amide bonds. The van der Waals surface area contributed by atoms with E-state index >= 15 is 0 Å². The first-order valence-corrected chi connectivity index (χ1v) is 9.45. The summed E-state index contributed by atoms with van der Waals surface area (Å²) in [7, 11) is -2.74. The van der Waals surface area contributed by atoms with Crippen LogP contribution in [0.1, 0.15) is 34.1 Å². The molecule has 20 heavy (non-hydrogen) atoms. The van der Waals surface area contributed by atoms with Crippen molar-refractivity contribution < 1.29 is 13.3 Å². The Morgan fingerprint density at radius 3 is 1.85 bits per heavy atom. The molecule has 6 nitrogen and oxygen atoms in total. The van der Waals surface area contributed by atoms with Crippen LogP contribution in [0.5, 0.6) is 0 Å². The van der Waals surface area contributed by atoms with E-state index < -0.39 is 8.97 Å². The Bertz CT molecular complexity index is 206. The molecule has 0 atom stereocenters. The minimum atomic E-state index is -2.74. The largest absolute Gasteiger partial charge is 0.599 e. The summed E-state index contributed by atoms with van der Waals surface area (Å²) in [5.41, 5.74) is 5.49. The predicted octanol–water partition coefficient (Wildman–Crippen LogP) is 0.792. The Labute approximate surface area is 125 Å². The van der Waals surface area contributed by atoms with Crippen molar-refractivity contribution in [1.29, 1.82) is 0 Å². The summed E-state index contributed by atoms with van der Waals surface area (Å²) in [6, 6.07) is 0. The topological polar surface area (TPSA) is 69.0 Å². The molecule has 7 heteroatoms. The van der Waals surface area contributed by atoms with Crippen molar-refractivity contribution >= 4 is 8.97 Å². The van der Waals surface area contributed by atoms with E-state index in [1.165, 1.54) is 0 Å². The molecule has 3 N–H and O–H groups in total. The SMILES string of the molecule is CCCN(CCNCCN)[Si](OCC)(OCC)OCC. The summed E-state index contributed by atoms with van der Waals surface area (Å²) in [6.45, 7) is 14.0. The number of nitrogens with one attached hydrogen (secondary N) is 1. The summed E-state index contributed by atoms with van der Waals surface area (Å²) in [5.74, 6) is 0. The second kappa shape index (κ2) is 12.7. The van der Waals surface area contributed by atoms with Crippen molar-refractivity contribution in [2.45, 2.75) is 34.1 Å². The molecule has 0 fully saturated rings. The predicted molar refractivity (Wildman–Crippen MR) is 84.4 cm³/mol. The molecular formula is C13H33N3O3Si. The van der Waals surface area contributed by atoms with Gasteiger partial charge in [0.1, 0.15) is 0 Å². The summed E-state index contributed by atoms with van der Waals surface area (Å²) in [4.78, 5) is 0. The van der Waals surface area contributed by atoms with E-state index in [2.05, 4.69) is 16.8 Å². The molecule has 0 aromatic carbocycles. The molecule has 0 heterocycles. The van der Waals surface area contributed by atoms with E-state index in [4.69, 9.17) is 19.0 Å². The Hall–Kier alpha value is -0.0231. The lowest BCUT2D eigenvalue weighted by molar-refractivity contribution is 0.0169. The van der Waals surface area contributed by atoms with E-state index in [9.17, 15) is 0 Å². The molecule has 0 aromatic heterocycles. The minimum absolute atomic E-state index is 0.600. The fraction of sp³-hybridized carbons (Fsp3) is 1.00. The molecule has 0 unspecified atom stereocenters. The second-order valence-corrected chi connectivity index (χ2v) is 6.89. The van der Waals surface area contributed by atoms with E-state index in [-0.39, 0.29) is 0 Å². The van der Waals surface area contributed by atoms with Gasteiger partial charge in [-0.3, -0.25) is 4.57 Å². The van der Waals surface area contributed by atoms with Crippen LogP contribution in [0.3, 0.4) is 0 Å². The van der Waals surface area contributed by atoms with Gasteiger partial charge in [-0.2, -0.15) is 0 Å². The lowest BCUT2D eigenvalue weighted by atomic mass is 10.4. The van der Waals surface area contributed by atoms with Crippen LogP contribution >= 0.6 is 0 Å². The number of rotatable bonds is 14. The first-order chi connectivity index (χ1) is 9.70.